The first-order chi connectivity index (χ1) is 6.77. The van der Waals surface area contributed by atoms with E-state index in [1.165, 1.54) is 0 Å². The van der Waals surface area contributed by atoms with E-state index in [0.717, 1.165) is 15.4 Å². The van der Waals surface area contributed by atoms with Crippen LogP contribution in [0.15, 0.2) is 30.7 Å². The minimum Gasteiger partial charge on any atom is -0.323 e. The molecule has 1 unspecified atom stereocenters. The van der Waals surface area contributed by atoms with Crippen LogP contribution in [0.25, 0.3) is 10.6 Å². The summed E-state index contributed by atoms with van der Waals surface area (Å²) in [5.74, 6) is 0. The van der Waals surface area contributed by atoms with Gasteiger partial charge in [-0.3, -0.25) is 4.98 Å². The van der Waals surface area contributed by atoms with Gasteiger partial charge in [-0.05, 0) is 19.1 Å². The van der Waals surface area contributed by atoms with Crippen molar-refractivity contribution in [2.75, 3.05) is 0 Å². The Bertz CT molecular complexity index is 408. The SMILES string of the molecule is CC(N)c1cnc(-c2ccncc2)s1. The van der Waals surface area contributed by atoms with Crippen LogP contribution in [-0.2, 0) is 0 Å². The molecule has 0 spiro atoms. The smallest absolute Gasteiger partial charge is 0.123 e. The molecule has 0 bridgehead atoms. The van der Waals surface area contributed by atoms with Gasteiger partial charge in [0.25, 0.3) is 0 Å². The van der Waals surface area contributed by atoms with Gasteiger partial charge in [0.2, 0.25) is 0 Å². The highest BCUT2D eigenvalue weighted by Gasteiger charge is 2.06. The highest BCUT2D eigenvalue weighted by atomic mass is 32.1. The van der Waals surface area contributed by atoms with E-state index >= 15 is 0 Å². The van der Waals surface area contributed by atoms with Crippen LogP contribution in [0.5, 0.6) is 0 Å². The van der Waals surface area contributed by atoms with E-state index in [0.29, 0.717) is 0 Å². The zero-order chi connectivity index (χ0) is 9.97. The number of hydrogen-bond acceptors (Lipinski definition) is 4. The van der Waals surface area contributed by atoms with Crippen molar-refractivity contribution in [1.29, 1.82) is 0 Å². The monoisotopic (exact) mass is 205 g/mol. The Morgan fingerprint density at radius 3 is 2.64 bits per heavy atom. The summed E-state index contributed by atoms with van der Waals surface area (Å²) in [6, 6.07) is 3.95. The molecule has 0 aliphatic carbocycles. The van der Waals surface area contributed by atoms with Gasteiger partial charge in [-0.2, -0.15) is 0 Å². The first-order valence-electron chi connectivity index (χ1n) is 4.39. The number of nitrogens with zero attached hydrogens (tertiary/aromatic N) is 2. The maximum Gasteiger partial charge on any atom is 0.123 e. The van der Waals surface area contributed by atoms with Gasteiger partial charge in [0, 0.05) is 35.1 Å². The molecule has 0 aromatic carbocycles. The average molecular weight is 205 g/mol. The maximum atomic E-state index is 5.76. The van der Waals surface area contributed by atoms with E-state index in [1.54, 1.807) is 23.7 Å². The molecule has 0 fully saturated rings. The van der Waals surface area contributed by atoms with Crippen molar-refractivity contribution in [1.82, 2.24) is 9.97 Å². The number of thiazole rings is 1. The second-order valence-corrected chi connectivity index (χ2v) is 4.15. The average Bonchev–Trinajstić information content (AvgIpc) is 2.68. The third-order valence-electron chi connectivity index (χ3n) is 1.90. The van der Waals surface area contributed by atoms with Crippen LogP contribution >= 0.6 is 11.3 Å². The first kappa shape index (κ1) is 9.30. The van der Waals surface area contributed by atoms with Crippen LogP contribution < -0.4 is 5.73 Å². The Morgan fingerprint density at radius 1 is 1.36 bits per heavy atom. The topological polar surface area (TPSA) is 51.8 Å². The molecule has 72 valence electrons. The molecule has 0 amide bonds. The molecular formula is C10H11N3S. The summed E-state index contributed by atoms with van der Waals surface area (Å²) >= 11 is 1.63. The van der Waals surface area contributed by atoms with Gasteiger partial charge in [0.15, 0.2) is 0 Å². The molecule has 2 rings (SSSR count). The molecule has 14 heavy (non-hydrogen) atoms. The van der Waals surface area contributed by atoms with Gasteiger partial charge in [-0.25, -0.2) is 4.98 Å². The Morgan fingerprint density at radius 2 is 2.07 bits per heavy atom. The molecule has 1 atom stereocenters. The van der Waals surface area contributed by atoms with Crippen LogP contribution in [-0.4, -0.2) is 9.97 Å². The van der Waals surface area contributed by atoms with E-state index in [2.05, 4.69) is 9.97 Å². The normalized spacial score (nSPS) is 12.7. The van der Waals surface area contributed by atoms with E-state index in [9.17, 15) is 0 Å². The summed E-state index contributed by atoms with van der Waals surface area (Å²) in [4.78, 5) is 9.39. The van der Waals surface area contributed by atoms with Gasteiger partial charge in [-0.1, -0.05) is 0 Å². The fourth-order valence-corrected chi connectivity index (χ4v) is 2.00. The van der Waals surface area contributed by atoms with Crippen molar-refractivity contribution < 1.29 is 0 Å². The van der Waals surface area contributed by atoms with Crippen molar-refractivity contribution >= 4 is 11.3 Å². The Balaban J connectivity index is 2.34. The van der Waals surface area contributed by atoms with E-state index < -0.39 is 0 Å². The molecule has 4 heteroatoms. The summed E-state index contributed by atoms with van der Waals surface area (Å²) in [7, 11) is 0. The second-order valence-electron chi connectivity index (χ2n) is 3.09. The molecule has 2 aromatic rings. The standard InChI is InChI=1S/C10H11N3S/c1-7(11)9-6-13-10(14-9)8-2-4-12-5-3-8/h2-7H,11H2,1H3. The lowest BCUT2D eigenvalue weighted by Gasteiger charge is -1.97. The summed E-state index contributed by atoms with van der Waals surface area (Å²) < 4.78 is 0. The molecule has 0 radical (unpaired) electrons. The molecule has 3 nitrogen and oxygen atoms in total. The van der Waals surface area contributed by atoms with Crippen LogP contribution in [0, 0.1) is 0 Å². The third-order valence-corrected chi connectivity index (χ3v) is 3.15. The zero-order valence-corrected chi connectivity index (χ0v) is 8.66. The van der Waals surface area contributed by atoms with E-state index in [-0.39, 0.29) is 6.04 Å². The van der Waals surface area contributed by atoms with E-state index in [4.69, 9.17) is 5.73 Å². The van der Waals surface area contributed by atoms with Crippen molar-refractivity contribution in [2.24, 2.45) is 5.73 Å². The molecule has 2 aromatic heterocycles. The largest absolute Gasteiger partial charge is 0.323 e. The van der Waals surface area contributed by atoms with Crippen LogP contribution in [0.3, 0.4) is 0 Å². The van der Waals surface area contributed by atoms with Crippen molar-refractivity contribution in [3.8, 4) is 10.6 Å². The molecule has 0 aliphatic rings. The molecule has 2 heterocycles. The lowest BCUT2D eigenvalue weighted by atomic mass is 10.3. The predicted octanol–water partition coefficient (Wildman–Crippen LogP) is 2.22. The second kappa shape index (κ2) is 3.86. The van der Waals surface area contributed by atoms with Crippen LogP contribution in [0.1, 0.15) is 17.8 Å². The minimum absolute atomic E-state index is 0.0584. The Labute approximate surface area is 86.6 Å². The first-order valence-corrected chi connectivity index (χ1v) is 5.20. The third kappa shape index (κ3) is 1.81. The fourth-order valence-electron chi connectivity index (χ4n) is 1.13. The quantitative estimate of drug-likeness (QED) is 0.818. The molecule has 2 N–H and O–H groups in total. The van der Waals surface area contributed by atoms with Crippen molar-refractivity contribution in [2.45, 2.75) is 13.0 Å². The highest BCUT2D eigenvalue weighted by Crippen LogP contribution is 2.26. The number of rotatable bonds is 2. The lowest BCUT2D eigenvalue weighted by Crippen LogP contribution is -2.01. The Hall–Kier alpha value is -1.26. The van der Waals surface area contributed by atoms with Crippen molar-refractivity contribution in [3.05, 3.63) is 35.6 Å². The van der Waals surface area contributed by atoms with Gasteiger partial charge in [0.05, 0.1) is 0 Å². The Kier molecular flexibility index (Phi) is 2.56. The maximum absolute atomic E-state index is 5.76. The predicted molar refractivity (Wildman–Crippen MR) is 57.9 cm³/mol. The van der Waals surface area contributed by atoms with Gasteiger partial charge in [0.1, 0.15) is 5.01 Å². The summed E-state index contributed by atoms with van der Waals surface area (Å²) in [5.41, 5.74) is 6.86. The number of hydrogen-bond donors (Lipinski definition) is 1. The van der Waals surface area contributed by atoms with Crippen LogP contribution in [0.4, 0.5) is 0 Å². The van der Waals surface area contributed by atoms with Gasteiger partial charge >= 0.3 is 0 Å². The zero-order valence-electron chi connectivity index (χ0n) is 7.84. The minimum atomic E-state index is 0.0584. The molecule has 0 saturated carbocycles. The molecular weight excluding hydrogens is 194 g/mol. The van der Waals surface area contributed by atoms with Crippen LogP contribution in [0.2, 0.25) is 0 Å². The fraction of sp³-hybridized carbons (Fsp3) is 0.200. The number of pyridine rings is 1. The molecule has 0 aliphatic heterocycles. The number of nitrogens with two attached hydrogens (primary N) is 1. The van der Waals surface area contributed by atoms with Gasteiger partial charge < -0.3 is 5.73 Å². The summed E-state index contributed by atoms with van der Waals surface area (Å²) in [5, 5.41) is 1.000. The van der Waals surface area contributed by atoms with E-state index in [1.807, 2.05) is 25.3 Å². The summed E-state index contributed by atoms with van der Waals surface area (Å²) in [6.07, 6.45) is 5.37. The molecule has 0 saturated heterocycles. The summed E-state index contributed by atoms with van der Waals surface area (Å²) in [6.45, 7) is 1.96. The van der Waals surface area contributed by atoms with Crippen molar-refractivity contribution in [3.63, 3.8) is 0 Å². The highest BCUT2D eigenvalue weighted by molar-refractivity contribution is 7.15. The lowest BCUT2D eigenvalue weighted by molar-refractivity contribution is 0.835. The van der Waals surface area contributed by atoms with Gasteiger partial charge in [-0.15, -0.1) is 11.3 Å². The number of aromatic nitrogens is 2.